The molecule has 0 amide bonds. The average Bonchev–Trinajstić information content (AvgIpc) is 3.27. The summed E-state index contributed by atoms with van der Waals surface area (Å²) in [6.07, 6.45) is 10.8. The molecule has 1 aromatic rings. The summed E-state index contributed by atoms with van der Waals surface area (Å²) in [6.45, 7) is 0.841. The van der Waals surface area contributed by atoms with E-state index in [-0.39, 0.29) is 6.42 Å². The summed E-state index contributed by atoms with van der Waals surface area (Å²) < 4.78 is 6.15. The standard InChI is InChI=1S/C22H30N2O3S/c25-22(26)11-7-2-1-6-10-17-18(20-13-12-19(17)27-20)15-23-24-21(28)14-16-8-4-3-5-9-16/h1,3-6,8-9,17-20,23H,2,7,10-15H2,(H,24,28)(H,25,26)/t17-,18-,19-,20+/m1/s1. The first-order chi connectivity index (χ1) is 13.6. The minimum atomic E-state index is -0.723. The number of hydrazine groups is 1. The van der Waals surface area contributed by atoms with Crippen LogP contribution in [0.15, 0.2) is 42.5 Å². The van der Waals surface area contributed by atoms with Crippen molar-refractivity contribution in [3.8, 4) is 0 Å². The van der Waals surface area contributed by atoms with Crippen LogP contribution in [0.1, 0.15) is 44.1 Å². The highest BCUT2D eigenvalue weighted by molar-refractivity contribution is 7.80. The van der Waals surface area contributed by atoms with E-state index in [9.17, 15) is 4.79 Å². The third-order valence-electron chi connectivity index (χ3n) is 5.70. The molecule has 2 aliphatic rings. The van der Waals surface area contributed by atoms with Crippen LogP contribution in [0.3, 0.4) is 0 Å². The average molecular weight is 403 g/mol. The van der Waals surface area contributed by atoms with Gasteiger partial charge in [0.2, 0.25) is 0 Å². The Labute approximate surface area is 172 Å². The SMILES string of the molecule is O=C(O)CCCC=CC[C@@H]1[C@@H](CNNC(=S)Cc2ccccc2)[C@@H]2CC[C@H]1O2. The Morgan fingerprint density at radius 2 is 1.93 bits per heavy atom. The number of ether oxygens (including phenoxy) is 1. The quantitative estimate of drug-likeness (QED) is 0.227. The molecule has 2 aliphatic heterocycles. The number of rotatable bonds is 11. The number of hydrogen-bond donors (Lipinski definition) is 3. The van der Waals surface area contributed by atoms with E-state index in [1.54, 1.807) is 0 Å². The summed E-state index contributed by atoms with van der Waals surface area (Å²) in [6, 6.07) is 10.2. The monoisotopic (exact) mass is 402 g/mol. The number of allylic oxidation sites excluding steroid dienone is 2. The lowest BCUT2D eigenvalue weighted by Gasteiger charge is -2.27. The van der Waals surface area contributed by atoms with Crippen LogP contribution >= 0.6 is 12.2 Å². The molecule has 152 valence electrons. The molecule has 4 atom stereocenters. The van der Waals surface area contributed by atoms with E-state index >= 15 is 0 Å². The molecule has 28 heavy (non-hydrogen) atoms. The molecule has 5 nitrogen and oxygen atoms in total. The molecule has 3 rings (SSSR count). The van der Waals surface area contributed by atoms with Crippen molar-refractivity contribution in [2.75, 3.05) is 6.54 Å². The van der Waals surface area contributed by atoms with Gasteiger partial charge in [-0.3, -0.25) is 4.79 Å². The number of unbranched alkanes of at least 4 members (excludes halogenated alkanes) is 1. The summed E-state index contributed by atoms with van der Waals surface area (Å²) in [5, 5.41) is 8.69. The zero-order chi connectivity index (χ0) is 19.8. The van der Waals surface area contributed by atoms with Crippen LogP contribution in [-0.2, 0) is 16.0 Å². The summed E-state index contributed by atoms with van der Waals surface area (Å²) in [7, 11) is 0. The van der Waals surface area contributed by atoms with Gasteiger partial charge in [0.15, 0.2) is 0 Å². The molecule has 2 bridgehead atoms. The molecule has 2 fully saturated rings. The summed E-state index contributed by atoms with van der Waals surface area (Å²) in [5.74, 6) is 0.277. The molecule has 2 heterocycles. The smallest absolute Gasteiger partial charge is 0.303 e. The third kappa shape index (κ3) is 6.12. The predicted molar refractivity (Wildman–Crippen MR) is 114 cm³/mol. The number of carboxylic acid groups (broad SMARTS) is 1. The van der Waals surface area contributed by atoms with E-state index in [0.29, 0.717) is 30.5 Å². The van der Waals surface area contributed by atoms with Gasteiger partial charge in [-0.15, -0.1) is 0 Å². The van der Waals surface area contributed by atoms with Gasteiger partial charge in [-0.25, -0.2) is 5.43 Å². The van der Waals surface area contributed by atoms with Crippen LogP contribution in [0.2, 0.25) is 0 Å². The molecule has 0 aromatic heterocycles. The number of fused-ring (bicyclic) bond motifs is 2. The van der Waals surface area contributed by atoms with Crippen molar-refractivity contribution < 1.29 is 14.6 Å². The maximum Gasteiger partial charge on any atom is 0.303 e. The normalized spacial score (nSPS) is 26.0. The highest BCUT2D eigenvalue weighted by atomic mass is 32.1. The first kappa shape index (κ1) is 21.0. The minimum Gasteiger partial charge on any atom is -0.481 e. The maximum absolute atomic E-state index is 10.6. The Bertz CT molecular complexity index is 680. The van der Waals surface area contributed by atoms with Gasteiger partial charge >= 0.3 is 5.97 Å². The lowest BCUT2D eigenvalue weighted by atomic mass is 9.77. The molecule has 0 spiro atoms. The number of hydrogen-bond acceptors (Lipinski definition) is 4. The molecule has 0 unspecified atom stereocenters. The maximum atomic E-state index is 10.6. The lowest BCUT2D eigenvalue weighted by molar-refractivity contribution is -0.137. The number of nitrogens with one attached hydrogen (secondary N) is 2. The van der Waals surface area contributed by atoms with Crippen molar-refractivity contribution in [2.24, 2.45) is 11.8 Å². The number of thiocarbonyl (C=S) groups is 1. The number of carboxylic acids is 1. The van der Waals surface area contributed by atoms with Crippen molar-refractivity contribution in [1.29, 1.82) is 0 Å². The Hall–Kier alpha value is -1.76. The van der Waals surface area contributed by atoms with Crippen LogP contribution in [0.25, 0.3) is 0 Å². The fraction of sp³-hybridized carbons (Fsp3) is 0.545. The summed E-state index contributed by atoms with van der Waals surface area (Å²) >= 11 is 5.44. The number of aliphatic carboxylic acids is 1. The van der Waals surface area contributed by atoms with Gasteiger partial charge in [0.25, 0.3) is 0 Å². The van der Waals surface area contributed by atoms with Crippen molar-refractivity contribution in [1.82, 2.24) is 10.9 Å². The minimum absolute atomic E-state index is 0.239. The highest BCUT2D eigenvalue weighted by Gasteiger charge is 2.47. The number of carbonyl (C=O) groups is 1. The first-order valence-corrected chi connectivity index (χ1v) is 10.6. The van der Waals surface area contributed by atoms with Gasteiger partial charge in [0, 0.05) is 25.3 Å². The Balaban J connectivity index is 1.40. The van der Waals surface area contributed by atoms with Gasteiger partial charge in [-0.2, -0.15) is 0 Å². The van der Waals surface area contributed by atoms with Crippen LogP contribution < -0.4 is 10.9 Å². The van der Waals surface area contributed by atoms with Crippen molar-refractivity contribution in [3.05, 3.63) is 48.0 Å². The summed E-state index contributed by atoms with van der Waals surface area (Å²) in [5.41, 5.74) is 7.71. The molecule has 0 aliphatic carbocycles. The number of benzene rings is 1. The largest absolute Gasteiger partial charge is 0.481 e. The second-order valence-corrected chi connectivity index (χ2v) is 8.20. The van der Waals surface area contributed by atoms with Crippen molar-refractivity contribution in [3.63, 3.8) is 0 Å². The first-order valence-electron chi connectivity index (χ1n) is 10.2. The molecule has 6 heteroatoms. The Kier molecular flexibility index (Phi) is 8.01. The van der Waals surface area contributed by atoms with E-state index < -0.39 is 5.97 Å². The van der Waals surface area contributed by atoms with Gasteiger partial charge in [-0.05, 0) is 43.6 Å². The molecule has 0 saturated carbocycles. The fourth-order valence-corrected chi connectivity index (χ4v) is 4.55. The highest BCUT2D eigenvalue weighted by Crippen LogP contribution is 2.44. The van der Waals surface area contributed by atoms with Crippen LogP contribution in [0.5, 0.6) is 0 Å². The van der Waals surface area contributed by atoms with Crippen LogP contribution in [0.4, 0.5) is 0 Å². The zero-order valence-corrected chi connectivity index (χ0v) is 17.0. The van der Waals surface area contributed by atoms with Crippen LogP contribution in [0, 0.1) is 11.8 Å². The fourth-order valence-electron chi connectivity index (χ4n) is 4.32. The molecule has 1 aromatic carbocycles. The third-order valence-corrected chi connectivity index (χ3v) is 5.95. The van der Waals surface area contributed by atoms with E-state index in [1.807, 2.05) is 18.2 Å². The predicted octanol–water partition coefficient (Wildman–Crippen LogP) is 3.65. The summed E-state index contributed by atoms with van der Waals surface area (Å²) in [4.78, 5) is 11.4. The van der Waals surface area contributed by atoms with Crippen molar-refractivity contribution in [2.45, 2.75) is 57.2 Å². The zero-order valence-electron chi connectivity index (χ0n) is 16.2. The van der Waals surface area contributed by atoms with E-state index in [4.69, 9.17) is 22.1 Å². The Morgan fingerprint density at radius 3 is 2.68 bits per heavy atom. The van der Waals surface area contributed by atoms with Crippen molar-refractivity contribution >= 4 is 23.2 Å². The lowest BCUT2D eigenvalue weighted by Crippen LogP contribution is -2.44. The van der Waals surface area contributed by atoms with E-state index in [2.05, 4.69) is 35.1 Å². The van der Waals surface area contributed by atoms with Crippen LogP contribution in [-0.4, -0.2) is 34.8 Å². The van der Waals surface area contributed by atoms with Gasteiger partial charge in [0.05, 0.1) is 17.2 Å². The van der Waals surface area contributed by atoms with E-state index in [0.717, 1.165) is 43.6 Å². The van der Waals surface area contributed by atoms with Gasteiger partial charge in [0.1, 0.15) is 0 Å². The molecular weight excluding hydrogens is 372 g/mol. The molecule has 0 radical (unpaired) electrons. The molecule has 3 N–H and O–H groups in total. The molecular formula is C22H30N2O3S. The second kappa shape index (κ2) is 10.7. The van der Waals surface area contributed by atoms with Gasteiger partial charge < -0.3 is 15.3 Å². The second-order valence-electron chi connectivity index (χ2n) is 7.70. The Morgan fingerprint density at radius 1 is 1.18 bits per heavy atom. The van der Waals surface area contributed by atoms with E-state index in [1.165, 1.54) is 5.56 Å². The van der Waals surface area contributed by atoms with Gasteiger partial charge in [-0.1, -0.05) is 54.7 Å². The topological polar surface area (TPSA) is 70.6 Å². The molecule has 2 saturated heterocycles.